The summed E-state index contributed by atoms with van der Waals surface area (Å²) in [5, 5.41) is 2.87. The minimum absolute atomic E-state index is 0.0886. The number of piperidine rings is 1. The number of carbonyl (C=O) groups is 2. The smallest absolute Gasteiger partial charge is 0.254 e. The molecule has 1 heterocycles. The highest BCUT2D eigenvalue weighted by Crippen LogP contribution is 2.35. The molecule has 4 heteroatoms. The Hall–Kier alpha value is -1.84. The fourth-order valence-electron chi connectivity index (χ4n) is 4.15. The zero-order valence-corrected chi connectivity index (χ0v) is 14.8. The monoisotopic (exact) mass is 328 g/mol. The summed E-state index contributed by atoms with van der Waals surface area (Å²) in [5.41, 5.74) is 1.30. The van der Waals surface area contributed by atoms with Crippen molar-refractivity contribution in [2.45, 2.75) is 64.5 Å². The lowest BCUT2D eigenvalue weighted by Gasteiger charge is -2.44. The van der Waals surface area contributed by atoms with Gasteiger partial charge in [0.25, 0.3) is 11.8 Å². The molecule has 0 aromatic heterocycles. The van der Waals surface area contributed by atoms with Gasteiger partial charge in [0.15, 0.2) is 0 Å². The first-order valence-corrected chi connectivity index (χ1v) is 9.28. The van der Waals surface area contributed by atoms with E-state index in [0.29, 0.717) is 23.1 Å². The molecule has 2 fully saturated rings. The number of nitrogens with one attached hydrogen (secondary N) is 1. The van der Waals surface area contributed by atoms with Crippen LogP contribution in [-0.2, 0) is 0 Å². The standard InChI is InChI=1S/C20H28N2O2/c1-14(2)21-19(23)16-9-11-17(12-10-16)20(24)22-13-5-7-15-6-3-4-8-18(15)22/h9-12,14-15,18H,3-8,13H2,1-2H3,(H,21,23)/t15-,18+/m1/s1. The summed E-state index contributed by atoms with van der Waals surface area (Å²) in [6, 6.07) is 7.63. The summed E-state index contributed by atoms with van der Waals surface area (Å²) in [7, 11) is 0. The summed E-state index contributed by atoms with van der Waals surface area (Å²) in [5.74, 6) is 0.726. The summed E-state index contributed by atoms with van der Waals surface area (Å²) >= 11 is 0. The highest BCUT2D eigenvalue weighted by atomic mass is 16.2. The van der Waals surface area contributed by atoms with E-state index >= 15 is 0 Å². The maximum absolute atomic E-state index is 12.9. The van der Waals surface area contributed by atoms with E-state index in [9.17, 15) is 9.59 Å². The maximum atomic E-state index is 12.9. The molecule has 0 radical (unpaired) electrons. The molecule has 2 amide bonds. The Kier molecular flexibility index (Phi) is 5.22. The molecule has 0 spiro atoms. The van der Waals surface area contributed by atoms with Crippen LogP contribution in [0.3, 0.4) is 0 Å². The fourth-order valence-corrected chi connectivity index (χ4v) is 4.15. The van der Waals surface area contributed by atoms with Crippen molar-refractivity contribution in [3.05, 3.63) is 35.4 Å². The Morgan fingerprint density at radius 3 is 2.33 bits per heavy atom. The lowest BCUT2D eigenvalue weighted by Crippen LogP contribution is -2.49. The van der Waals surface area contributed by atoms with E-state index in [1.54, 1.807) is 24.3 Å². The van der Waals surface area contributed by atoms with E-state index in [0.717, 1.165) is 19.4 Å². The van der Waals surface area contributed by atoms with Crippen molar-refractivity contribution in [1.82, 2.24) is 10.2 Å². The molecular formula is C20H28N2O2. The minimum atomic E-state index is -0.0886. The molecule has 1 aromatic carbocycles. The molecule has 1 saturated heterocycles. The molecule has 1 aliphatic carbocycles. The predicted octanol–water partition coefficient (Wildman–Crippen LogP) is 3.62. The van der Waals surface area contributed by atoms with Gasteiger partial charge >= 0.3 is 0 Å². The second-order valence-corrected chi connectivity index (χ2v) is 7.46. The fraction of sp³-hybridized carbons (Fsp3) is 0.600. The van der Waals surface area contributed by atoms with Crippen LogP contribution in [0.1, 0.15) is 73.1 Å². The molecule has 2 atom stereocenters. The van der Waals surface area contributed by atoms with Crippen LogP contribution in [0.2, 0.25) is 0 Å². The summed E-state index contributed by atoms with van der Waals surface area (Å²) in [4.78, 5) is 27.1. The van der Waals surface area contributed by atoms with Gasteiger partial charge < -0.3 is 10.2 Å². The van der Waals surface area contributed by atoms with E-state index < -0.39 is 0 Å². The Morgan fingerprint density at radius 2 is 1.62 bits per heavy atom. The third-order valence-electron chi connectivity index (χ3n) is 5.32. The second kappa shape index (κ2) is 7.37. The Bertz CT molecular complexity index is 592. The number of carbonyl (C=O) groups excluding carboxylic acids is 2. The van der Waals surface area contributed by atoms with Crippen molar-refractivity contribution in [3.63, 3.8) is 0 Å². The zero-order chi connectivity index (χ0) is 17.1. The lowest BCUT2D eigenvalue weighted by atomic mass is 9.78. The third-order valence-corrected chi connectivity index (χ3v) is 5.32. The molecular weight excluding hydrogens is 300 g/mol. The van der Waals surface area contributed by atoms with Gasteiger partial charge in [-0.3, -0.25) is 9.59 Å². The van der Waals surface area contributed by atoms with Crippen molar-refractivity contribution >= 4 is 11.8 Å². The van der Waals surface area contributed by atoms with Crippen LogP contribution in [0, 0.1) is 5.92 Å². The second-order valence-electron chi connectivity index (χ2n) is 7.46. The van der Waals surface area contributed by atoms with E-state index in [1.807, 2.05) is 13.8 Å². The minimum Gasteiger partial charge on any atom is -0.350 e. The van der Waals surface area contributed by atoms with E-state index in [1.165, 1.54) is 25.7 Å². The van der Waals surface area contributed by atoms with Crippen LogP contribution in [0.15, 0.2) is 24.3 Å². The van der Waals surface area contributed by atoms with Crippen LogP contribution in [0.25, 0.3) is 0 Å². The van der Waals surface area contributed by atoms with Crippen molar-refractivity contribution in [1.29, 1.82) is 0 Å². The summed E-state index contributed by atoms with van der Waals surface area (Å²) < 4.78 is 0. The lowest BCUT2D eigenvalue weighted by molar-refractivity contribution is 0.0390. The van der Waals surface area contributed by atoms with Gasteiger partial charge in [-0.1, -0.05) is 12.8 Å². The Balaban J connectivity index is 1.71. The third kappa shape index (κ3) is 3.63. The summed E-state index contributed by atoms with van der Waals surface area (Å²) in [6.07, 6.45) is 7.33. The van der Waals surface area contributed by atoms with Crippen LogP contribution in [0.4, 0.5) is 0 Å². The predicted molar refractivity (Wildman–Crippen MR) is 95.1 cm³/mol. The normalized spacial score (nSPS) is 23.7. The Labute approximate surface area is 144 Å². The quantitative estimate of drug-likeness (QED) is 0.921. The largest absolute Gasteiger partial charge is 0.350 e. The van der Waals surface area contributed by atoms with Gasteiger partial charge in [0.2, 0.25) is 0 Å². The highest BCUT2D eigenvalue weighted by Gasteiger charge is 2.35. The highest BCUT2D eigenvalue weighted by molar-refractivity contribution is 5.98. The molecule has 24 heavy (non-hydrogen) atoms. The van der Waals surface area contributed by atoms with Gasteiger partial charge in [-0.05, 0) is 69.7 Å². The van der Waals surface area contributed by atoms with Crippen molar-refractivity contribution < 1.29 is 9.59 Å². The average Bonchev–Trinajstić information content (AvgIpc) is 2.60. The average molecular weight is 328 g/mol. The van der Waals surface area contributed by atoms with Crippen molar-refractivity contribution in [2.24, 2.45) is 5.92 Å². The van der Waals surface area contributed by atoms with Crippen molar-refractivity contribution in [2.75, 3.05) is 6.54 Å². The van der Waals surface area contributed by atoms with Crippen LogP contribution in [-0.4, -0.2) is 35.3 Å². The maximum Gasteiger partial charge on any atom is 0.254 e. The van der Waals surface area contributed by atoms with Crippen LogP contribution >= 0.6 is 0 Å². The molecule has 1 aromatic rings. The SMILES string of the molecule is CC(C)NC(=O)c1ccc(C(=O)N2CCC[C@H]3CCCC[C@@H]32)cc1. The van der Waals surface area contributed by atoms with Gasteiger partial charge in [-0.15, -0.1) is 0 Å². The molecule has 4 nitrogen and oxygen atoms in total. The molecule has 0 bridgehead atoms. The number of hydrogen-bond donors (Lipinski definition) is 1. The van der Waals surface area contributed by atoms with Gasteiger partial charge in [0.05, 0.1) is 0 Å². The van der Waals surface area contributed by atoms with Crippen LogP contribution < -0.4 is 5.32 Å². The van der Waals surface area contributed by atoms with Gasteiger partial charge in [0.1, 0.15) is 0 Å². The topological polar surface area (TPSA) is 49.4 Å². The number of amides is 2. The van der Waals surface area contributed by atoms with E-state index in [4.69, 9.17) is 0 Å². The summed E-state index contributed by atoms with van der Waals surface area (Å²) in [6.45, 7) is 4.75. The zero-order valence-electron chi connectivity index (χ0n) is 14.8. The van der Waals surface area contributed by atoms with Gasteiger partial charge in [-0.2, -0.15) is 0 Å². The van der Waals surface area contributed by atoms with Gasteiger partial charge in [-0.25, -0.2) is 0 Å². The molecule has 1 aliphatic heterocycles. The number of benzene rings is 1. The van der Waals surface area contributed by atoms with E-state index in [2.05, 4.69) is 10.2 Å². The molecule has 2 aliphatic rings. The number of fused-ring (bicyclic) bond motifs is 1. The van der Waals surface area contributed by atoms with Crippen LogP contribution in [0.5, 0.6) is 0 Å². The Morgan fingerprint density at radius 1 is 1.00 bits per heavy atom. The molecule has 1 saturated carbocycles. The molecule has 1 N–H and O–H groups in total. The molecule has 130 valence electrons. The molecule has 0 unspecified atom stereocenters. The number of likely N-dealkylation sites (tertiary alicyclic amines) is 1. The van der Waals surface area contributed by atoms with Crippen molar-refractivity contribution in [3.8, 4) is 0 Å². The first-order chi connectivity index (χ1) is 11.6. The number of hydrogen-bond acceptors (Lipinski definition) is 2. The van der Waals surface area contributed by atoms with Gasteiger partial charge in [0, 0.05) is 29.8 Å². The number of nitrogens with zero attached hydrogens (tertiary/aromatic N) is 1. The molecule has 3 rings (SSSR count). The number of rotatable bonds is 3. The van der Waals surface area contributed by atoms with E-state index in [-0.39, 0.29) is 17.9 Å². The first-order valence-electron chi connectivity index (χ1n) is 9.28. The first kappa shape index (κ1) is 17.0.